The zero-order valence-corrected chi connectivity index (χ0v) is 20.0. The average Bonchev–Trinajstić information content (AvgIpc) is 3.39. The molecule has 1 N–H and O–H groups in total. The molecule has 1 aliphatic heterocycles. The predicted octanol–water partition coefficient (Wildman–Crippen LogP) is 3.98. The van der Waals surface area contributed by atoms with E-state index in [1.807, 2.05) is 59.5 Å². The number of pyridine rings is 1. The van der Waals surface area contributed by atoms with Crippen LogP contribution in [0.4, 0.5) is 0 Å². The second-order valence-electron chi connectivity index (χ2n) is 8.65. The molecule has 2 aromatic heterocycles. The summed E-state index contributed by atoms with van der Waals surface area (Å²) in [4.78, 5) is 32.1. The Bertz CT molecular complexity index is 1350. The molecule has 2 amide bonds. The van der Waals surface area contributed by atoms with Gasteiger partial charge in [-0.05, 0) is 49.2 Å². The quantitative estimate of drug-likeness (QED) is 0.450. The van der Waals surface area contributed by atoms with E-state index < -0.39 is 0 Å². The van der Waals surface area contributed by atoms with Crippen molar-refractivity contribution in [2.45, 2.75) is 18.9 Å². The summed E-state index contributed by atoms with van der Waals surface area (Å²) < 4.78 is 7.30. The number of amides is 2. The smallest absolute Gasteiger partial charge is 0.257 e. The summed E-state index contributed by atoms with van der Waals surface area (Å²) in [5, 5.41) is 7.85. The van der Waals surface area contributed by atoms with Crippen LogP contribution < -0.4 is 10.1 Å². The number of nitrogens with zero attached hydrogens (tertiary/aromatic N) is 4. The van der Waals surface area contributed by atoms with Gasteiger partial charge in [0.1, 0.15) is 11.4 Å². The number of hydrogen-bond acceptors (Lipinski definition) is 5. The molecule has 36 heavy (non-hydrogen) atoms. The van der Waals surface area contributed by atoms with Gasteiger partial charge in [0, 0.05) is 43.3 Å². The van der Waals surface area contributed by atoms with Gasteiger partial charge in [-0.25, -0.2) is 4.68 Å². The van der Waals surface area contributed by atoms with Crippen LogP contribution in [0.25, 0.3) is 16.9 Å². The van der Waals surface area contributed by atoms with Crippen molar-refractivity contribution in [3.63, 3.8) is 0 Å². The number of piperidine rings is 1. The first-order chi connectivity index (χ1) is 17.6. The molecule has 0 aliphatic carbocycles. The number of hydrogen-bond donors (Lipinski definition) is 1. The minimum atomic E-state index is -0.143. The largest absolute Gasteiger partial charge is 0.496 e. The minimum Gasteiger partial charge on any atom is -0.496 e. The summed E-state index contributed by atoms with van der Waals surface area (Å²) in [6.07, 6.45) is 6.33. The van der Waals surface area contributed by atoms with Crippen LogP contribution in [0.15, 0.2) is 85.3 Å². The summed E-state index contributed by atoms with van der Waals surface area (Å²) in [5.74, 6) is 0.423. The molecule has 2 aromatic carbocycles. The van der Waals surface area contributed by atoms with Crippen molar-refractivity contribution in [2.24, 2.45) is 0 Å². The van der Waals surface area contributed by atoms with Gasteiger partial charge in [0.05, 0.1) is 23.9 Å². The first kappa shape index (κ1) is 23.3. The van der Waals surface area contributed by atoms with Crippen molar-refractivity contribution >= 4 is 11.8 Å². The van der Waals surface area contributed by atoms with E-state index in [4.69, 9.17) is 9.84 Å². The van der Waals surface area contributed by atoms with Crippen molar-refractivity contribution < 1.29 is 14.3 Å². The van der Waals surface area contributed by atoms with Crippen LogP contribution in [0.2, 0.25) is 0 Å². The summed E-state index contributed by atoms with van der Waals surface area (Å²) in [7, 11) is 1.61. The number of benzene rings is 2. The Morgan fingerprint density at radius 2 is 1.72 bits per heavy atom. The van der Waals surface area contributed by atoms with Gasteiger partial charge in [-0.15, -0.1) is 0 Å². The van der Waals surface area contributed by atoms with E-state index in [-0.39, 0.29) is 17.9 Å². The highest BCUT2D eigenvalue weighted by Gasteiger charge is 2.29. The summed E-state index contributed by atoms with van der Waals surface area (Å²) in [6.45, 7) is 1.08. The fraction of sp³-hybridized carbons (Fsp3) is 0.214. The topological polar surface area (TPSA) is 89.4 Å². The van der Waals surface area contributed by atoms with E-state index in [0.717, 1.165) is 11.3 Å². The molecule has 0 saturated carbocycles. The maximum absolute atomic E-state index is 13.7. The van der Waals surface area contributed by atoms with Crippen molar-refractivity contribution in [3.05, 3.63) is 96.4 Å². The molecule has 1 fully saturated rings. The Balaban J connectivity index is 1.37. The number of likely N-dealkylation sites (tertiary alicyclic amines) is 1. The number of methoxy groups -OCH3 is 1. The highest BCUT2D eigenvalue weighted by molar-refractivity contribution is 6.00. The summed E-state index contributed by atoms with van der Waals surface area (Å²) >= 11 is 0. The lowest BCUT2D eigenvalue weighted by Crippen LogP contribution is -2.46. The van der Waals surface area contributed by atoms with Crippen molar-refractivity contribution in [1.82, 2.24) is 25.0 Å². The highest BCUT2D eigenvalue weighted by atomic mass is 16.5. The van der Waals surface area contributed by atoms with Crippen molar-refractivity contribution in [3.8, 4) is 22.7 Å². The Labute approximate surface area is 209 Å². The SMILES string of the molecule is COc1ccccc1-c1nn(-c2ccccc2)cc1C(=O)N1CCC(NC(=O)c2cccnc2)CC1. The van der Waals surface area contributed by atoms with Gasteiger partial charge >= 0.3 is 0 Å². The molecule has 0 radical (unpaired) electrons. The third kappa shape index (κ3) is 4.84. The lowest BCUT2D eigenvalue weighted by molar-refractivity contribution is 0.0699. The molecule has 1 saturated heterocycles. The van der Waals surface area contributed by atoms with Crippen LogP contribution in [0.3, 0.4) is 0 Å². The van der Waals surface area contributed by atoms with Crippen LogP contribution in [0.1, 0.15) is 33.6 Å². The molecule has 4 aromatic rings. The van der Waals surface area contributed by atoms with Gasteiger partial charge in [-0.1, -0.05) is 30.3 Å². The second kappa shape index (κ2) is 10.4. The molecule has 8 nitrogen and oxygen atoms in total. The Morgan fingerprint density at radius 1 is 0.972 bits per heavy atom. The second-order valence-corrected chi connectivity index (χ2v) is 8.65. The van der Waals surface area contributed by atoms with Crippen LogP contribution in [-0.4, -0.2) is 57.7 Å². The molecule has 1 aliphatic rings. The van der Waals surface area contributed by atoms with E-state index in [0.29, 0.717) is 48.5 Å². The molecular formula is C28H27N5O3. The molecule has 0 spiro atoms. The fourth-order valence-corrected chi connectivity index (χ4v) is 4.45. The molecule has 0 bridgehead atoms. The van der Waals surface area contributed by atoms with E-state index in [1.54, 1.807) is 42.5 Å². The molecule has 0 unspecified atom stereocenters. The number of aromatic nitrogens is 3. The lowest BCUT2D eigenvalue weighted by atomic mass is 10.0. The number of nitrogens with one attached hydrogen (secondary N) is 1. The average molecular weight is 482 g/mol. The molecule has 5 rings (SSSR count). The summed E-state index contributed by atoms with van der Waals surface area (Å²) in [5.41, 5.74) is 3.25. The van der Waals surface area contributed by atoms with Gasteiger partial charge < -0.3 is 15.0 Å². The van der Waals surface area contributed by atoms with Crippen molar-refractivity contribution in [1.29, 1.82) is 0 Å². The van der Waals surface area contributed by atoms with E-state index in [1.165, 1.54) is 0 Å². The third-order valence-corrected chi connectivity index (χ3v) is 6.37. The molecule has 182 valence electrons. The highest BCUT2D eigenvalue weighted by Crippen LogP contribution is 2.32. The minimum absolute atomic E-state index is 0.00230. The van der Waals surface area contributed by atoms with Gasteiger partial charge in [-0.3, -0.25) is 14.6 Å². The number of carbonyl (C=O) groups excluding carboxylic acids is 2. The number of ether oxygens (including phenoxy) is 1. The number of carbonyl (C=O) groups is 2. The molecule has 8 heteroatoms. The van der Waals surface area contributed by atoms with Crippen LogP contribution in [0.5, 0.6) is 5.75 Å². The zero-order valence-electron chi connectivity index (χ0n) is 20.0. The van der Waals surface area contributed by atoms with Gasteiger partial charge in [0.25, 0.3) is 11.8 Å². The third-order valence-electron chi connectivity index (χ3n) is 6.37. The summed E-state index contributed by atoms with van der Waals surface area (Å²) in [6, 6.07) is 20.8. The van der Waals surface area contributed by atoms with Gasteiger partial charge in [0.15, 0.2) is 0 Å². The van der Waals surface area contributed by atoms with Crippen LogP contribution in [0, 0.1) is 0 Å². The molecule has 3 heterocycles. The Morgan fingerprint density at radius 3 is 2.44 bits per heavy atom. The first-order valence-electron chi connectivity index (χ1n) is 11.9. The first-order valence-corrected chi connectivity index (χ1v) is 11.9. The van der Waals surface area contributed by atoms with Crippen LogP contribution >= 0.6 is 0 Å². The standard InChI is InChI=1S/C28H27N5O3/c1-36-25-12-6-5-11-23(25)26-24(19-33(31-26)22-9-3-2-4-10-22)28(35)32-16-13-21(14-17-32)30-27(34)20-8-7-15-29-18-20/h2-12,15,18-19,21H,13-14,16-17H2,1H3,(H,30,34). The van der Waals surface area contributed by atoms with Crippen molar-refractivity contribution in [2.75, 3.05) is 20.2 Å². The fourth-order valence-electron chi connectivity index (χ4n) is 4.45. The Hall–Kier alpha value is -4.46. The normalized spacial score (nSPS) is 13.9. The monoisotopic (exact) mass is 481 g/mol. The number of para-hydroxylation sites is 2. The maximum Gasteiger partial charge on any atom is 0.257 e. The molecular weight excluding hydrogens is 454 g/mol. The van der Waals surface area contributed by atoms with Crippen LogP contribution in [-0.2, 0) is 0 Å². The Kier molecular flexibility index (Phi) is 6.75. The van der Waals surface area contributed by atoms with E-state index >= 15 is 0 Å². The zero-order chi connectivity index (χ0) is 24.9. The van der Waals surface area contributed by atoms with E-state index in [9.17, 15) is 9.59 Å². The van der Waals surface area contributed by atoms with Gasteiger partial charge in [0.2, 0.25) is 0 Å². The maximum atomic E-state index is 13.7. The molecule has 0 atom stereocenters. The number of rotatable bonds is 6. The predicted molar refractivity (Wildman–Crippen MR) is 136 cm³/mol. The van der Waals surface area contributed by atoms with E-state index in [2.05, 4.69) is 10.3 Å². The van der Waals surface area contributed by atoms with Gasteiger partial charge in [-0.2, -0.15) is 5.10 Å². The lowest BCUT2D eigenvalue weighted by Gasteiger charge is -2.32.